The van der Waals surface area contributed by atoms with Crippen molar-refractivity contribution in [3.8, 4) is 0 Å². The SMILES string of the molecule is CCCCN(CCO)CCCc1ccccc1. The van der Waals surface area contributed by atoms with Gasteiger partial charge in [-0.15, -0.1) is 0 Å². The molecular weight excluding hydrogens is 210 g/mol. The summed E-state index contributed by atoms with van der Waals surface area (Å²) in [5.74, 6) is 0. The van der Waals surface area contributed by atoms with Crippen LogP contribution < -0.4 is 0 Å². The molecule has 0 radical (unpaired) electrons. The summed E-state index contributed by atoms with van der Waals surface area (Å²) in [5.41, 5.74) is 1.41. The molecular formula is C15H25NO. The molecule has 0 aliphatic heterocycles. The van der Waals surface area contributed by atoms with Gasteiger partial charge in [0, 0.05) is 6.54 Å². The van der Waals surface area contributed by atoms with Crippen molar-refractivity contribution in [3.63, 3.8) is 0 Å². The molecule has 0 aliphatic rings. The first-order valence-electron chi connectivity index (χ1n) is 6.74. The van der Waals surface area contributed by atoms with E-state index < -0.39 is 0 Å². The van der Waals surface area contributed by atoms with Crippen molar-refractivity contribution >= 4 is 0 Å². The number of aliphatic hydroxyl groups excluding tert-OH is 1. The topological polar surface area (TPSA) is 23.5 Å². The second-order valence-electron chi connectivity index (χ2n) is 4.51. The van der Waals surface area contributed by atoms with Gasteiger partial charge >= 0.3 is 0 Å². The monoisotopic (exact) mass is 235 g/mol. The second-order valence-corrected chi connectivity index (χ2v) is 4.51. The normalized spacial score (nSPS) is 11.0. The zero-order chi connectivity index (χ0) is 12.3. The second kappa shape index (κ2) is 9.20. The molecule has 17 heavy (non-hydrogen) atoms. The van der Waals surface area contributed by atoms with Crippen LogP contribution in [-0.2, 0) is 6.42 Å². The molecule has 2 heteroatoms. The molecule has 0 heterocycles. The van der Waals surface area contributed by atoms with Crippen molar-refractivity contribution < 1.29 is 5.11 Å². The lowest BCUT2D eigenvalue weighted by Crippen LogP contribution is -2.29. The van der Waals surface area contributed by atoms with E-state index in [4.69, 9.17) is 5.11 Å². The molecule has 0 amide bonds. The predicted molar refractivity (Wildman–Crippen MR) is 73.2 cm³/mol. The fourth-order valence-corrected chi connectivity index (χ4v) is 2.01. The van der Waals surface area contributed by atoms with Crippen LogP contribution in [0, 0.1) is 0 Å². The fourth-order valence-electron chi connectivity index (χ4n) is 2.01. The lowest BCUT2D eigenvalue weighted by Gasteiger charge is -2.20. The zero-order valence-electron chi connectivity index (χ0n) is 10.9. The molecule has 1 aromatic rings. The molecule has 0 saturated heterocycles. The summed E-state index contributed by atoms with van der Waals surface area (Å²) in [5, 5.41) is 9.01. The molecule has 1 rings (SSSR count). The molecule has 0 unspecified atom stereocenters. The van der Waals surface area contributed by atoms with Crippen molar-refractivity contribution in [1.82, 2.24) is 4.90 Å². The largest absolute Gasteiger partial charge is 0.395 e. The van der Waals surface area contributed by atoms with E-state index >= 15 is 0 Å². The van der Waals surface area contributed by atoms with Crippen molar-refractivity contribution in [1.29, 1.82) is 0 Å². The third-order valence-electron chi connectivity index (χ3n) is 3.03. The Balaban J connectivity index is 2.22. The standard InChI is InChI=1S/C15H25NO/c1-2-3-11-16(13-14-17)12-7-10-15-8-5-4-6-9-15/h4-6,8-9,17H,2-3,7,10-14H2,1H3. The number of benzene rings is 1. The van der Waals surface area contributed by atoms with Gasteiger partial charge in [-0.05, 0) is 37.9 Å². The van der Waals surface area contributed by atoms with Gasteiger partial charge in [-0.25, -0.2) is 0 Å². The van der Waals surface area contributed by atoms with Crippen molar-refractivity contribution in [2.45, 2.75) is 32.6 Å². The summed E-state index contributed by atoms with van der Waals surface area (Å²) >= 11 is 0. The summed E-state index contributed by atoms with van der Waals surface area (Å²) in [6.45, 7) is 5.51. The van der Waals surface area contributed by atoms with Gasteiger partial charge in [-0.1, -0.05) is 43.7 Å². The van der Waals surface area contributed by atoms with E-state index in [9.17, 15) is 0 Å². The molecule has 1 N–H and O–H groups in total. The van der Waals surface area contributed by atoms with E-state index in [0.29, 0.717) is 0 Å². The lowest BCUT2D eigenvalue weighted by molar-refractivity contribution is 0.192. The third-order valence-corrected chi connectivity index (χ3v) is 3.03. The lowest BCUT2D eigenvalue weighted by atomic mass is 10.1. The highest BCUT2D eigenvalue weighted by atomic mass is 16.3. The minimum absolute atomic E-state index is 0.273. The Morgan fingerprint density at radius 1 is 1.00 bits per heavy atom. The molecule has 1 aromatic carbocycles. The molecule has 0 aromatic heterocycles. The molecule has 0 atom stereocenters. The van der Waals surface area contributed by atoms with Crippen LogP contribution in [0.3, 0.4) is 0 Å². The Morgan fingerprint density at radius 3 is 2.35 bits per heavy atom. The Hall–Kier alpha value is -0.860. The van der Waals surface area contributed by atoms with E-state index in [0.717, 1.165) is 26.1 Å². The highest BCUT2D eigenvalue weighted by molar-refractivity contribution is 5.14. The van der Waals surface area contributed by atoms with E-state index in [1.54, 1.807) is 0 Å². The first kappa shape index (κ1) is 14.2. The van der Waals surface area contributed by atoms with Crippen LogP contribution in [0.2, 0.25) is 0 Å². The van der Waals surface area contributed by atoms with Crippen LogP contribution >= 0.6 is 0 Å². The number of rotatable bonds is 9. The van der Waals surface area contributed by atoms with E-state index in [2.05, 4.69) is 42.2 Å². The average molecular weight is 235 g/mol. The summed E-state index contributed by atoms with van der Waals surface area (Å²) in [7, 11) is 0. The maximum Gasteiger partial charge on any atom is 0.0558 e. The van der Waals surface area contributed by atoms with Crippen molar-refractivity contribution in [3.05, 3.63) is 35.9 Å². The predicted octanol–water partition coefficient (Wildman–Crippen LogP) is 2.71. The quantitative estimate of drug-likeness (QED) is 0.711. The molecule has 0 bridgehead atoms. The summed E-state index contributed by atoms with van der Waals surface area (Å²) in [4.78, 5) is 2.37. The minimum atomic E-state index is 0.273. The average Bonchev–Trinajstić information content (AvgIpc) is 2.37. The van der Waals surface area contributed by atoms with Gasteiger partial charge in [0.2, 0.25) is 0 Å². The van der Waals surface area contributed by atoms with E-state index in [-0.39, 0.29) is 6.61 Å². The van der Waals surface area contributed by atoms with Gasteiger partial charge in [0.15, 0.2) is 0 Å². The van der Waals surface area contributed by atoms with Crippen LogP contribution in [0.5, 0.6) is 0 Å². The molecule has 0 fully saturated rings. The third kappa shape index (κ3) is 6.44. The van der Waals surface area contributed by atoms with Crippen molar-refractivity contribution in [2.75, 3.05) is 26.2 Å². The number of unbranched alkanes of at least 4 members (excludes halogenated alkanes) is 1. The summed E-state index contributed by atoms with van der Waals surface area (Å²) in [6.07, 6.45) is 4.76. The fraction of sp³-hybridized carbons (Fsp3) is 0.600. The van der Waals surface area contributed by atoms with Crippen LogP contribution in [-0.4, -0.2) is 36.2 Å². The van der Waals surface area contributed by atoms with Gasteiger partial charge in [-0.3, -0.25) is 0 Å². The smallest absolute Gasteiger partial charge is 0.0558 e. The molecule has 0 saturated carbocycles. The number of aryl methyl sites for hydroxylation is 1. The van der Waals surface area contributed by atoms with E-state index in [1.165, 1.54) is 24.8 Å². The molecule has 0 spiro atoms. The molecule has 0 aliphatic carbocycles. The minimum Gasteiger partial charge on any atom is -0.395 e. The van der Waals surface area contributed by atoms with Crippen molar-refractivity contribution in [2.24, 2.45) is 0 Å². The maximum atomic E-state index is 9.01. The number of hydrogen-bond donors (Lipinski definition) is 1. The maximum absolute atomic E-state index is 9.01. The van der Waals surface area contributed by atoms with Gasteiger partial charge in [0.05, 0.1) is 6.61 Å². The highest BCUT2D eigenvalue weighted by Crippen LogP contribution is 2.04. The molecule has 2 nitrogen and oxygen atoms in total. The summed E-state index contributed by atoms with van der Waals surface area (Å²) < 4.78 is 0. The van der Waals surface area contributed by atoms with Gasteiger partial charge in [-0.2, -0.15) is 0 Å². The number of nitrogens with zero attached hydrogens (tertiary/aromatic N) is 1. The Bertz CT molecular complexity index is 274. The Morgan fingerprint density at radius 2 is 1.71 bits per heavy atom. The van der Waals surface area contributed by atoms with Crippen LogP contribution in [0.15, 0.2) is 30.3 Å². The van der Waals surface area contributed by atoms with Crippen LogP contribution in [0.25, 0.3) is 0 Å². The number of aliphatic hydroxyl groups is 1. The summed E-state index contributed by atoms with van der Waals surface area (Å²) in [6, 6.07) is 10.6. The van der Waals surface area contributed by atoms with Gasteiger partial charge in [0.25, 0.3) is 0 Å². The first-order valence-corrected chi connectivity index (χ1v) is 6.74. The first-order chi connectivity index (χ1) is 8.36. The number of hydrogen-bond acceptors (Lipinski definition) is 2. The molecule has 96 valence electrons. The zero-order valence-corrected chi connectivity index (χ0v) is 10.9. The van der Waals surface area contributed by atoms with Crippen LogP contribution in [0.4, 0.5) is 0 Å². The highest BCUT2D eigenvalue weighted by Gasteiger charge is 2.03. The van der Waals surface area contributed by atoms with Gasteiger partial charge < -0.3 is 10.0 Å². The van der Waals surface area contributed by atoms with Crippen LogP contribution in [0.1, 0.15) is 31.7 Å². The van der Waals surface area contributed by atoms with Gasteiger partial charge in [0.1, 0.15) is 0 Å². The van der Waals surface area contributed by atoms with E-state index in [1.807, 2.05) is 0 Å². The Labute approximate surface area is 105 Å². The Kier molecular flexibility index (Phi) is 7.69.